The van der Waals surface area contributed by atoms with Gasteiger partial charge in [0.2, 0.25) is 0 Å². The van der Waals surface area contributed by atoms with Crippen LogP contribution in [0.3, 0.4) is 0 Å². The first-order valence-electron chi connectivity index (χ1n) is 9.02. The molecule has 0 spiro atoms. The molecule has 0 aliphatic carbocycles. The van der Waals surface area contributed by atoms with Crippen LogP contribution in [0.2, 0.25) is 24.7 Å². The zero-order valence-electron chi connectivity index (χ0n) is 16.9. The lowest BCUT2D eigenvalue weighted by molar-refractivity contribution is 0.0270. The smallest absolute Gasteiger partial charge is 0.410 e. The van der Waals surface area contributed by atoms with Gasteiger partial charge in [-0.1, -0.05) is 43.2 Å². The molecule has 0 unspecified atom stereocenters. The highest BCUT2D eigenvalue weighted by molar-refractivity contribution is 6.83. The van der Waals surface area contributed by atoms with Crippen LogP contribution < -0.4 is 5.73 Å². The van der Waals surface area contributed by atoms with E-state index in [4.69, 9.17) is 22.1 Å². The Morgan fingerprint density at radius 3 is 2.56 bits per heavy atom. The Morgan fingerprint density at radius 1 is 1.37 bits per heavy atom. The van der Waals surface area contributed by atoms with Crippen molar-refractivity contribution >= 4 is 37.0 Å². The minimum absolute atomic E-state index is 0.303. The average molecular weight is 406 g/mol. The van der Waals surface area contributed by atoms with Crippen molar-refractivity contribution in [2.45, 2.75) is 52.4 Å². The Hall–Kier alpha value is -1.97. The summed E-state index contributed by atoms with van der Waals surface area (Å²) in [5.41, 5.74) is 11.6. The van der Waals surface area contributed by atoms with Gasteiger partial charge < -0.3 is 15.4 Å². The van der Waals surface area contributed by atoms with Crippen molar-refractivity contribution in [3.63, 3.8) is 0 Å². The number of nitrogens with two attached hydrogens (primary N) is 1. The highest BCUT2D eigenvalue weighted by Crippen LogP contribution is 2.28. The van der Waals surface area contributed by atoms with E-state index in [1.807, 2.05) is 26.8 Å². The topological polar surface area (TPSA) is 68.5 Å². The van der Waals surface area contributed by atoms with Crippen molar-refractivity contribution in [3.8, 4) is 11.5 Å². The molecule has 0 bridgehead atoms. The van der Waals surface area contributed by atoms with Crippen LogP contribution >= 0.6 is 11.6 Å². The number of carbonyl (C=O) groups is 1. The van der Waals surface area contributed by atoms with Gasteiger partial charge in [-0.3, -0.25) is 0 Å². The highest BCUT2D eigenvalue weighted by atomic mass is 35.5. The molecule has 1 aliphatic rings. The summed E-state index contributed by atoms with van der Waals surface area (Å²) in [4.78, 5) is 18.5. The van der Waals surface area contributed by atoms with Crippen molar-refractivity contribution < 1.29 is 9.53 Å². The monoisotopic (exact) mass is 405 g/mol. The van der Waals surface area contributed by atoms with Crippen molar-refractivity contribution in [1.82, 2.24) is 9.88 Å². The second kappa shape index (κ2) is 7.95. The predicted octanol–water partition coefficient (Wildman–Crippen LogP) is 4.57. The number of nitrogen functional groups attached to an aromatic ring is 1. The van der Waals surface area contributed by atoms with E-state index in [1.54, 1.807) is 11.0 Å². The molecule has 0 fully saturated rings. The number of ether oxygens (including phenoxy) is 1. The van der Waals surface area contributed by atoms with Gasteiger partial charge in [0.05, 0.1) is 16.4 Å². The lowest BCUT2D eigenvalue weighted by Crippen LogP contribution is -2.39. The summed E-state index contributed by atoms with van der Waals surface area (Å²) in [6.45, 7) is 13.1. The van der Waals surface area contributed by atoms with Crippen molar-refractivity contribution in [2.24, 2.45) is 0 Å². The van der Waals surface area contributed by atoms with E-state index < -0.39 is 13.7 Å². The third kappa shape index (κ3) is 6.30. The van der Waals surface area contributed by atoms with Gasteiger partial charge in [0, 0.05) is 13.1 Å². The normalized spacial score (nSPS) is 14.9. The number of hydrogen-bond acceptors (Lipinski definition) is 4. The third-order valence-electron chi connectivity index (χ3n) is 3.75. The van der Waals surface area contributed by atoms with E-state index in [9.17, 15) is 4.79 Å². The Bertz CT molecular complexity index is 827. The molecule has 0 saturated heterocycles. The maximum atomic E-state index is 12.2. The zero-order chi connectivity index (χ0) is 20.4. The molecule has 0 radical (unpaired) electrons. The number of amides is 1. The molecular formula is C20H28ClN3O2Si. The molecule has 1 aromatic heterocycles. The molecule has 1 aliphatic heterocycles. The Kier molecular flexibility index (Phi) is 6.28. The molecule has 27 heavy (non-hydrogen) atoms. The maximum absolute atomic E-state index is 12.2. The minimum Gasteiger partial charge on any atom is -0.444 e. The van der Waals surface area contributed by atoms with Crippen molar-refractivity contribution in [2.75, 3.05) is 18.8 Å². The van der Waals surface area contributed by atoms with Crippen LogP contribution in [-0.4, -0.2) is 42.7 Å². The van der Waals surface area contributed by atoms with Crippen LogP contribution in [0.4, 0.5) is 10.5 Å². The molecule has 0 atom stereocenters. The van der Waals surface area contributed by atoms with Crippen LogP contribution in [0.15, 0.2) is 12.1 Å². The van der Waals surface area contributed by atoms with E-state index in [0.29, 0.717) is 35.9 Å². The van der Waals surface area contributed by atoms with Gasteiger partial charge in [0.15, 0.2) is 0 Å². The van der Waals surface area contributed by atoms with Gasteiger partial charge in [0.1, 0.15) is 19.4 Å². The number of aromatic nitrogens is 1. The van der Waals surface area contributed by atoms with Gasteiger partial charge in [-0.15, -0.1) is 5.54 Å². The predicted molar refractivity (Wildman–Crippen MR) is 114 cm³/mol. The van der Waals surface area contributed by atoms with E-state index in [1.165, 1.54) is 0 Å². The standard InChI is InChI=1S/C20H28ClN3O2Si/c1-20(2,3)26-19(25)24-10-7-14(8-11-24)17-13-15(21)18(22)16(23-17)9-12-27(4,5)6/h7,13H,8,10-11,22H2,1-6H3. The SMILES string of the molecule is CC(C)(C)OC(=O)N1CC=C(c2cc(Cl)c(N)c(C#C[Si](C)(C)C)n2)CC1. The summed E-state index contributed by atoms with van der Waals surface area (Å²) in [5.74, 6) is 3.11. The zero-order valence-corrected chi connectivity index (χ0v) is 18.7. The summed E-state index contributed by atoms with van der Waals surface area (Å²) in [5, 5.41) is 0.454. The molecule has 2 heterocycles. The summed E-state index contributed by atoms with van der Waals surface area (Å²) < 4.78 is 5.43. The Balaban J connectivity index is 2.23. The van der Waals surface area contributed by atoms with Crippen LogP contribution in [0.25, 0.3) is 5.57 Å². The number of nitrogens with zero attached hydrogens (tertiary/aromatic N) is 2. The fourth-order valence-electron chi connectivity index (χ4n) is 2.42. The lowest BCUT2D eigenvalue weighted by Gasteiger charge is -2.29. The largest absolute Gasteiger partial charge is 0.444 e. The van der Waals surface area contributed by atoms with Gasteiger partial charge in [-0.2, -0.15) is 0 Å². The number of carbonyl (C=O) groups excluding carboxylic acids is 1. The van der Waals surface area contributed by atoms with Gasteiger partial charge in [-0.05, 0) is 38.8 Å². The third-order valence-corrected chi connectivity index (χ3v) is 4.94. The Morgan fingerprint density at radius 2 is 2.04 bits per heavy atom. The summed E-state index contributed by atoms with van der Waals surface area (Å²) in [7, 11) is -1.55. The molecule has 5 nitrogen and oxygen atoms in total. The van der Waals surface area contributed by atoms with Gasteiger partial charge in [0.25, 0.3) is 0 Å². The van der Waals surface area contributed by atoms with E-state index in [0.717, 1.165) is 11.3 Å². The van der Waals surface area contributed by atoms with Crippen molar-refractivity contribution in [1.29, 1.82) is 0 Å². The van der Waals surface area contributed by atoms with Gasteiger partial charge >= 0.3 is 6.09 Å². The molecule has 0 saturated carbocycles. The summed E-state index contributed by atoms with van der Waals surface area (Å²) in [6, 6.07) is 1.77. The van der Waals surface area contributed by atoms with E-state index in [-0.39, 0.29) is 6.09 Å². The maximum Gasteiger partial charge on any atom is 0.410 e. The molecular weight excluding hydrogens is 378 g/mol. The summed E-state index contributed by atoms with van der Waals surface area (Å²) >= 11 is 6.31. The van der Waals surface area contributed by atoms with Gasteiger partial charge in [-0.25, -0.2) is 9.78 Å². The lowest BCUT2D eigenvalue weighted by atomic mass is 10.0. The van der Waals surface area contributed by atoms with Crippen molar-refractivity contribution in [3.05, 3.63) is 28.6 Å². The molecule has 2 N–H and O–H groups in total. The number of hydrogen-bond donors (Lipinski definition) is 1. The molecule has 2 rings (SSSR count). The van der Waals surface area contributed by atoms with Crippen LogP contribution in [-0.2, 0) is 4.74 Å². The quantitative estimate of drug-likeness (QED) is 0.548. The van der Waals surface area contributed by atoms with E-state index >= 15 is 0 Å². The number of anilines is 1. The molecule has 146 valence electrons. The number of halogens is 1. The molecule has 1 aromatic rings. The van der Waals surface area contributed by atoms with Crippen LogP contribution in [0, 0.1) is 11.5 Å². The van der Waals surface area contributed by atoms with E-state index in [2.05, 4.69) is 36.1 Å². The molecule has 0 aromatic carbocycles. The Labute approximate surface area is 167 Å². The molecule has 1 amide bonds. The second-order valence-corrected chi connectivity index (χ2v) is 13.8. The first-order valence-corrected chi connectivity index (χ1v) is 12.9. The number of rotatable bonds is 1. The average Bonchev–Trinajstić information content (AvgIpc) is 2.54. The minimum atomic E-state index is -1.55. The highest BCUT2D eigenvalue weighted by Gasteiger charge is 2.24. The first-order chi connectivity index (χ1) is 12.4. The summed E-state index contributed by atoms with van der Waals surface area (Å²) in [6.07, 6.45) is 2.36. The second-order valence-electron chi connectivity index (χ2n) is 8.66. The fourth-order valence-corrected chi connectivity index (χ4v) is 3.11. The first kappa shape index (κ1) is 21.3. The van der Waals surface area contributed by atoms with Crippen LogP contribution in [0.1, 0.15) is 38.6 Å². The number of pyridine rings is 1. The molecule has 7 heteroatoms. The van der Waals surface area contributed by atoms with Crippen LogP contribution in [0.5, 0.6) is 0 Å². The fraction of sp³-hybridized carbons (Fsp3) is 0.500.